The molecule has 2 aliphatic carbocycles. The predicted octanol–water partition coefficient (Wildman–Crippen LogP) is 4.68. The first-order valence-electron chi connectivity index (χ1n) is 8.46. The molecule has 0 aromatic heterocycles. The molecule has 3 unspecified atom stereocenters. The van der Waals surface area contributed by atoms with Crippen molar-refractivity contribution >= 4 is 35.6 Å². The molecule has 2 nitrogen and oxygen atoms in total. The van der Waals surface area contributed by atoms with Crippen LogP contribution in [0.5, 0.6) is 0 Å². The number of hydrogen-bond donors (Lipinski definition) is 1. The first-order valence-corrected chi connectivity index (χ1v) is 9.22. The van der Waals surface area contributed by atoms with Gasteiger partial charge in [0.05, 0.1) is 16.1 Å². The fourth-order valence-corrected chi connectivity index (χ4v) is 5.12. The van der Waals surface area contributed by atoms with E-state index in [9.17, 15) is 5.11 Å². The van der Waals surface area contributed by atoms with Crippen LogP contribution in [0.2, 0.25) is 10.0 Å². The molecule has 0 spiro atoms. The molecule has 1 aliphatic heterocycles. The quantitative estimate of drug-likeness (QED) is 0.824. The van der Waals surface area contributed by atoms with Crippen LogP contribution >= 0.6 is 35.6 Å². The van der Waals surface area contributed by atoms with Gasteiger partial charge in [-0.25, -0.2) is 0 Å². The lowest BCUT2D eigenvalue weighted by Gasteiger charge is -2.48. The van der Waals surface area contributed by atoms with Crippen LogP contribution in [0.1, 0.15) is 44.1 Å². The summed E-state index contributed by atoms with van der Waals surface area (Å²) in [5.41, 5.74) is 1.04. The second kappa shape index (κ2) is 6.72. The SMILES string of the molecule is Cl.OC(CN1CC2CCC1C2)C1(c2ccc(Cl)c(Cl)c2)CCC1. The Morgan fingerprint density at radius 2 is 2.00 bits per heavy atom. The predicted molar refractivity (Wildman–Crippen MR) is 97.9 cm³/mol. The highest BCUT2D eigenvalue weighted by atomic mass is 35.5. The molecule has 0 amide bonds. The molecule has 0 radical (unpaired) electrons. The number of rotatable bonds is 4. The van der Waals surface area contributed by atoms with Crippen LogP contribution in [0, 0.1) is 5.92 Å². The molecule has 23 heavy (non-hydrogen) atoms. The van der Waals surface area contributed by atoms with Crippen molar-refractivity contribution < 1.29 is 5.11 Å². The number of hydrogen-bond acceptors (Lipinski definition) is 2. The summed E-state index contributed by atoms with van der Waals surface area (Å²) < 4.78 is 0. The number of aliphatic hydroxyl groups excluding tert-OH is 1. The number of fused-ring (bicyclic) bond motifs is 2. The number of nitrogens with zero attached hydrogens (tertiary/aromatic N) is 1. The Balaban J connectivity index is 0.00000156. The maximum atomic E-state index is 11.0. The standard InChI is InChI=1S/C18H23Cl2NO.ClH/c19-15-5-3-13(9-16(15)20)18(6-1-7-18)17(22)11-21-10-12-2-4-14(21)8-12;/h3,5,9,12,14,17,22H,1-2,4,6-8,10-11H2;1H. The molecular formula is C18H24Cl3NO. The summed E-state index contributed by atoms with van der Waals surface area (Å²) >= 11 is 12.3. The summed E-state index contributed by atoms with van der Waals surface area (Å²) in [6, 6.07) is 6.59. The second-order valence-corrected chi connectivity index (χ2v) is 8.26. The van der Waals surface area contributed by atoms with E-state index in [1.807, 2.05) is 18.2 Å². The van der Waals surface area contributed by atoms with Crippen molar-refractivity contribution in [3.8, 4) is 0 Å². The van der Waals surface area contributed by atoms with Crippen molar-refractivity contribution in [3.05, 3.63) is 33.8 Å². The van der Waals surface area contributed by atoms with Crippen molar-refractivity contribution in [3.63, 3.8) is 0 Å². The van der Waals surface area contributed by atoms with Gasteiger partial charge in [0, 0.05) is 24.5 Å². The van der Waals surface area contributed by atoms with Gasteiger partial charge in [0.15, 0.2) is 0 Å². The minimum absolute atomic E-state index is 0. The zero-order valence-electron chi connectivity index (χ0n) is 13.2. The van der Waals surface area contributed by atoms with Crippen molar-refractivity contribution in [1.29, 1.82) is 0 Å². The maximum absolute atomic E-state index is 11.0. The molecule has 1 N–H and O–H groups in total. The van der Waals surface area contributed by atoms with Crippen LogP contribution in [0.3, 0.4) is 0 Å². The first kappa shape index (κ1) is 17.8. The minimum atomic E-state index is -0.308. The first-order chi connectivity index (χ1) is 10.6. The lowest BCUT2D eigenvalue weighted by Crippen LogP contribution is -2.52. The number of likely N-dealkylation sites (tertiary alicyclic amines) is 1. The third kappa shape index (κ3) is 3.02. The minimum Gasteiger partial charge on any atom is -0.391 e. The van der Waals surface area contributed by atoms with E-state index in [-0.39, 0.29) is 23.9 Å². The summed E-state index contributed by atoms with van der Waals surface area (Å²) in [5, 5.41) is 12.2. The Hall–Kier alpha value is 0.01000. The van der Waals surface area contributed by atoms with Gasteiger partial charge in [-0.05, 0) is 55.7 Å². The Morgan fingerprint density at radius 1 is 1.22 bits per heavy atom. The van der Waals surface area contributed by atoms with Crippen LogP contribution in [0.25, 0.3) is 0 Å². The van der Waals surface area contributed by atoms with E-state index in [0.717, 1.165) is 30.9 Å². The Kier molecular flexibility index (Phi) is 5.21. The molecular weight excluding hydrogens is 353 g/mol. The highest BCUT2D eigenvalue weighted by molar-refractivity contribution is 6.42. The van der Waals surface area contributed by atoms with E-state index < -0.39 is 0 Å². The number of piperidine rings is 1. The monoisotopic (exact) mass is 375 g/mol. The average Bonchev–Trinajstić information content (AvgIpc) is 3.04. The Labute approximate surface area is 154 Å². The van der Waals surface area contributed by atoms with Crippen molar-refractivity contribution in [2.45, 2.75) is 56.1 Å². The van der Waals surface area contributed by atoms with Gasteiger partial charge in [-0.1, -0.05) is 35.7 Å². The van der Waals surface area contributed by atoms with Gasteiger partial charge in [-0.15, -0.1) is 12.4 Å². The van der Waals surface area contributed by atoms with Crippen LogP contribution in [0.4, 0.5) is 0 Å². The Bertz CT molecular complexity index is 575. The van der Waals surface area contributed by atoms with E-state index in [0.29, 0.717) is 16.1 Å². The van der Waals surface area contributed by atoms with Crippen molar-refractivity contribution in [2.75, 3.05) is 13.1 Å². The highest BCUT2D eigenvalue weighted by Gasteiger charge is 2.47. The lowest BCUT2D eigenvalue weighted by molar-refractivity contribution is -0.00398. The largest absolute Gasteiger partial charge is 0.391 e. The van der Waals surface area contributed by atoms with Crippen LogP contribution in [0.15, 0.2) is 18.2 Å². The van der Waals surface area contributed by atoms with Gasteiger partial charge < -0.3 is 5.11 Å². The summed E-state index contributed by atoms with van der Waals surface area (Å²) in [4.78, 5) is 2.52. The summed E-state index contributed by atoms with van der Waals surface area (Å²) in [7, 11) is 0. The van der Waals surface area contributed by atoms with E-state index in [2.05, 4.69) is 4.90 Å². The molecule has 3 aliphatic rings. The molecule has 1 aromatic carbocycles. The molecule has 4 rings (SSSR count). The van der Waals surface area contributed by atoms with Crippen LogP contribution < -0.4 is 0 Å². The second-order valence-electron chi connectivity index (χ2n) is 7.44. The third-order valence-corrected chi connectivity index (χ3v) is 7.05. The number of halogens is 3. The number of benzene rings is 1. The smallest absolute Gasteiger partial charge is 0.0763 e. The molecule has 1 saturated heterocycles. The van der Waals surface area contributed by atoms with Gasteiger partial charge >= 0.3 is 0 Å². The molecule has 2 bridgehead atoms. The van der Waals surface area contributed by atoms with Crippen molar-refractivity contribution in [2.24, 2.45) is 5.92 Å². The van der Waals surface area contributed by atoms with E-state index >= 15 is 0 Å². The fraction of sp³-hybridized carbons (Fsp3) is 0.667. The van der Waals surface area contributed by atoms with Crippen molar-refractivity contribution in [1.82, 2.24) is 4.90 Å². The number of β-amino-alcohol motifs (C(OH)–C–C–N with tert-alkyl or cyclic N) is 1. The normalized spacial score (nSPS) is 29.9. The lowest BCUT2D eigenvalue weighted by atomic mass is 9.61. The topological polar surface area (TPSA) is 23.5 Å². The third-order valence-electron chi connectivity index (χ3n) is 6.31. The van der Waals surface area contributed by atoms with E-state index in [1.165, 1.54) is 32.2 Å². The van der Waals surface area contributed by atoms with E-state index in [4.69, 9.17) is 23.2 Å². The molecule has 3 fully saturated rings. The molecule has 1 aromatic rings. The Morgan fingerprint density at radius 3 is 2.52 bits per heavy atom. The summed E-state index contributed by atoms with van der Waals surface area (Å²) in [5.74, 6) is 0.875. The van der Waals surface area contributed by atoms with Gasteiger partial charge in [0.2, 0.25) is 0 Å². The van der Waals surface area contributed by atoms with E-state index in [1.54, 1.807) is 0 Å². The zero-order chi connectivity index (χ0) is 15.3. The molecule has 3 atom stereocenters. The zero-order valence-corrected chi connectivity index (χ0v) is 15.5. The molecule has 5 heteroatoms. The summed E-state index contributed by atoms with van der Waals surface area (Å²) in [6.45, 7) is 1.99. The van der Waals surface area contributed by atoms with Gasteiger partial charge in [-0.2, -0.15) is 0 Å². The van der Waals surface area contributed by atoms with Crippen LogP contribution in [-0.2, 0) is 5.41 Å². The summed E-state index contributed by atoms with van der Waals surface area (Å²) in [6.07, 6.45) is 7.02. The number of aliphatic hydroxyl groups is 1. The molecule has 1 heterocycles. The maximum Gasteiger partial charge on any atom is 0.0763 e. The molecule has 128 valence electrons. The van der Waals surface area contributed by atoms with Gasteiger partial charge in [0.1, 0.15) is 0 Å². The van der Waals surface area contributed by atoms with Gasteiger partial charge in [-0.3, -0.25) is 4.90 Å². The average molecular weight is 377 g/mol. The van der Waals surface area contributed by atoms with Crippen LogP contribution in [-0.4, -0.2) is 35.2 Å². The fourth-order valence-electron chi connectivity index (χ4n) is 4.83. The van der Waals surface area contributed by atoms with Gasteiger partial charge in [0.25, 0.3) is 0 Å². The molecule has 2 saturated carbocycles. The highest BCUT2D eigenvalue weighted by Crippen LogP contribution is 2.48.